The van der Waals surface area contributed by atoms with E-state index >= 15 is 0 Å². The zero-order valence-electron chi connectivity index (χ0n) is 18.3. The lowest BCUT2D eigenvalue weighted by atomic mass is 10.1. The quantitative estimate of drug-likeness (QED) is 0.285. The van der Waals surface area contributed by atoms with E-state index in [1.165, 1.54) is 20.3 Å². The Morgan fingerprint density at radius 3 is 2.64 bits per heavy atom. The summed E-state index contributed by atoms with van der Waals surface area (Å²) >= 11 is 0. The molecule has 0 radical (unpaired) electrons. The minimum absolute atomic E-state index is 0.0334. The van der Waals surface area contributed by atoms with Crippen LogP contribution in [0, 0.1) is 6.92 Å². The lowest BCUT2D eigenvalue weighted by Crippen LogP contribution is -1.98. The summed E-state index contributed by atoms with van der Waals surface area (Å²) < 4.78 is 27.0. The average Bonchev–Trinajstić information content (AvgIpc) is 3.48. The van der Waals surface area contributed by atoms with Crippen molar-refractivity contribution < 1.29 is 27.9 Å². The van der Waals surface area contributed by atoms with Crippen molar-refractivity contribution in [2.75, 3.05) is 14.2 Å². The number of methoxy groups -OCH3 is 2. The number of rotatable bonds is 8. The van der Waals surface area contributed by atoms with E-state index in [0.717, 1.165) is 11.1 Å². The fourth-order valence-electron chi connectivity index (χ4n) is 3.11. The van der Waals surface area contributed by atoms with Gasteiger partial charge in [0, 0.05) is 11.6 Å². The van der Waals surface area contributed by atoms with Gasteiger partial charge in [0.2, 0.25) is 0 Å². The first-order chi connectivity index (χ1) is 16.1. The van der Waals surface area contributed by atoms with Gasteiger partial charge in [0.15, 0.2) is 18.1 Å². The highest BCUT2D eigenvalue weighted by molar-refractivity contribution is 5.87. The largest absolute Gasteiger partial charge is 0.493 e. The summed E-state index contributed by atoms with van der Waals surface area (Å²) in [6.07, 6.45) is 2.94. The molecule has 0 atom stereocenters. The molecule has 0 fully saturated rings. The van der Waals surface area contributed by atoms with Gasteiger partial charge in [-0.25, -0.2) is 4.79 Å². The van der Waals surface area contributed by atoms with Crippen molar-refractivity contribution in [1.29, 1.82) is 0 Å². The van der Waals surface area contributed by atoms with Gasteiger partial charge in [0.1, 0.15) is 17.0 Å². The van der Waals surface area contributed by atoms with Gasteiger partial charge in [0.25, 0.3) is 11.8 Å². The van der Waals surface area contributed by atoms with E-state index in [2.05, 4.69) is 20.1 Å². The van der Waals surface area contributed by atoms with E-state index in [9.17, 15) is 4.79 Å². The maximum Gasteiger partial charge on any atom is 0.330 e. The Bertz CT molecular complexity index is 1280. The van der Waals surface area contributed by atoms with Gasteiger partial charge < -0.3 is 23.2 Å². The first-order valence-electron chi connectivity index (χ1n) is 10.0. The summed E-state index contributed by atoms with van der Waals surface area (Å²) in [7, 11) is 2.85. The molecule has 0 aliphatic heterocycles. The van der Waals surface area contributed by atoms with Crippen LogP contribution in [0.15, 0.2) is 63.5 Å². The molecule has 0 unspecified atom stereocenters. The van der Waals surface area contributed by atoms with Crippen LogP contribution in [0.5, 0.6) is 11.5 Å². The average molecular weight is 447 g/mol. The zero-order chi connectivity index (χ0) is 23.2. The third-order valence-electron chi connectivity index (χ3n) is 4.74. The van der Waals surface area contributed by atoms with E-state index in [1.807, 2.05) is 30.3 Å². The fourth-order valence-corrected chi connectivity index (χ4v) is 3.11. The topological polar surface area (TPSA) is 110 Å². The maximum absolute atomic E-state index is 11.3. The summed E-state index contributed by atoms with van der Waals surface area (Å²) in [5.74, 6) is 1.67. The molecule has 0 N–H and O–H groups in total. The summed E-state index contributed by atoms with van der Waals surface area (Å²) in [4.78, 5) is 11.3. The molecule has 0 saturated heterocycles. The molecule has 4 rings (SSSR count). The van der Waals surface area contributed by atoms with Gasteiger partial charge >= 0.3 is 5.97 Å². The molecule has 0 bridgehead atoms. The summed E-state index contributed by atoms with van der Waals surface area (Å²) in [5, 5.41) is 12.4. The first kappa shape index (κ1) is 21.8. The van der Waals surface area contributed by atoms with Crippen LogP contribution in [0.1, 0.15) is 17.2 Å². The molecule has 0 spiro atoms. The molecule has 0 aliphatic rings. The van der Waals surface area contributed by atoms with Gasteiger partial charge in [0.05, 0.1) is 14.2 Å². The molecule has 9 heteroatoms. The molecule has 2 aromatic heterocycles. The van der Waals surface area contributed by atoms with Crippen LogP contribution in [0.25, 0.3) is 28.8 Å². The van der Waals surface area contributed by atoms with E-state index in [4.69, 9.17) is 18.4 Å². The van der Waals surface area contributed by atoms with Crippen molar-refractivity contribution >= 4 is 12.0 Å². The number of hydrogen-bond acceptors (Lipinski definition) is 9. The minimum Gasteiger partial charge on any atom is -0.493 e. The molecule has 33 heavy (non-hydrogen) atoms. The SMILES string of the molecule is COC(=O)/C=C/c1ccc(OCc2nnc(-c3c(-c4ccccc4)noc3C)o2)c(OC)c1. The van der Waals surface area contributed by atoms with Crippen LogP contribution in [0.3, 0.4) is 0 Å². The van der Waals surface area contributed by atoms with Crippen molar-refractivity contribution in [2.24, 2.45) is 0 Å². The molecule has 168 valence electrons. The van der Waals surface area contributed by atoms with Crippen molar-refractivity contribution in [3.8, 4) is 34.2 Å². The number of aromatic nitrogens is 3. The Kier molecular flexibility index (Phi) is 6.49. The van der Waals surface area contributed by atoms with Crippen LogP contribution < -0.4 is 9.47 Å². The standard InChI is InChI=1S/C24H21N3O6/c1-15-22(23(27-33-15)17-7-5-4-6-8-17)24-26-25-20(32-24)14-31-18-11-9-16(13-19(18)29-2)10-12-21(28)30-3/h4-13H,14H2,1-3H3/b12-10+. The molecule has 0 aliphatic carbocycles. The lowest BCUT2D eigenvalue weighted by molar-refractivity contribution is -0.134. The summed E-state index contributed by atoms with van der Waals surface area (Å²) in [6.45, 7) is 1.82. The molecular formula is C24H21N3O6. The van der Waals surface area contributed by atoms with E-state index < -0.39 is 5.97 Å². The third kappa shape index (κ3) is 4.93. The number of esters is 1. The maximum atomic E-state index is 11.3. The number of ether oxygens (including phenoxy) is 3. The fraction of sp³-hybridized carbons (Fsp3) is 0.167. The highest BCUT2D eigenvalue weighted by atomic mass is 16.5. The van der Waals surface area contributed by atoms with Crippen LogP contribution in [0.4, 0.5) is 0 Å². The minimum atomic E-state index is -0.444. The van der Waals surface area contributed by atoms with E-state index in [1.54, 1.807) is 31.2 Å². The van der Waals surface area contributed by atoms with E-state index in [-0.39, 0.29) is 12.5 Å². The van der Waals surface area contributed by atoms with Crippen LogP contribution in [-0.2, 0) is 16.1 Å². The van der Waals surface area contributed by atoms with Gasteiger partial charge in [-0.15, -0.1) is 10.2 Å². The number of carbonyl (C=O) groups is 1. The van der Waals surface area contributed by atoms with Gasteiger partial charge in [-0.3, -0.25) is 0 Å². The highest BCUT2D eigenvalue weighted by Gasteiger charge is 2.22. The van der Waals surface area contributed by atoms with Gasteiger partial charge in [-0.05, 0) is 30.7 Å². The second-order valence-corrected chi connectivity index (χ2v) is 6.88. The third-order valence-corrected chi connectivity index (χ3v) is 4.74. The second kappa shape index (κ2) is 9.82. The number of aryl methyl sites for hydroxylation is 1. The Hall–Kier alpha value is -4.40. The van der Waals surface area contributed by atoms with Crippen molar-refractivity contribution in [3.63, 3.8) is 0 Å². The van der Waals surface area contributed by atoms with Crippen LogP contribution >= 0.6 is 0 Å². The van der Waals surface area contributed by atoms with Crippen molar-refractivity contribution in [2.45, 2.75) is 13.5 Å². The normalized spacial score (nSPS) is 11.0. The van der Waals surface area contributed by atoms with Crippen molar-refractivity contribution in [1.82, 2.24) is 15.4 Å². The van der Waals surface area contributed by atoms with Gasteiger partial charge in [-0.1, -0.05) is 41.6 Å². The predicted molar refractivity (Wildman–Crippen MR) is 118 cm³/mol. The first-order valence-corrected chi connectivity index (χ1v) is 10.0. The second-order valence-electron chi connectivity index (χ2n) is 6.88. The number of hydrogen-bond donors (Lipinski definition) is 0. The smallest absolute Gasteiger partial charge is 0.330 e. The number of nitrogens with zero attached hydrogens (tertiary/aromatic N) is 3. The zero-order valence-corrected chi connectivity index (χ0v) is 18.3. The Labute approximate surface area is 189 Å². The molecule has 0 saturated carbocycles. The highest BCUT2D eigenvalue weighted by Crippen LogP contribution is 2.34. The molecule has 4 aromatic rings. The molecule has 2 heterocycles. The summed E-state index contributed by atoms with van der Waals surface area (Å²) in [6, 6.07) is 14.9. The number of carbonyl (C=O) groups excluding carboxylic acids is 1. The van der Waals surface area contributed by atoms with Crippen LogP contribution in [-0.4, -0.2) is 35.5 Å². The van der Waals surface area contributed by atoms with Gasteiger partial charge in [-0.2, -0.15) is 0 Å². The Balaban J connectivity index is 1.50. The van der Waals surface area contributed by atoms with Crippen LogP contribution in [0.2, 0.25) is 0 Å². The molecule has 2 aromatic carbocycles. The predicted octanol–water partition coefficient (Wildman–Crippen LogP) is 4.47. The molecular weight excluding hydrogens is 426 g/mol. The Morgan fingerprint density at radius 1 is 1.06 bits per heavy atom. The van der Waals surface area contributed by atoms with E-state index in [0.29, 0.717) is 34.4 Å². The number of benzene rings is 2. The monoisotopic (exact) mass is 447 g/mol. The molecule has 0 amide bonds. The van der Waals surface area contributed by atoms with Crippen molar-refractivity contribution in [3.05, 3.63) is 71.8 Å². The lowest BCUT2D eigenvalue weighted by Gasteiger charge is -2.09. The molecule has 9 nitrogen and oxygen atoms in total. The summed E-state index contributed by atoms with van der Waals surface area (Å²) in [5.41, 5.74) is 2.90. The Morgan fingerprint density at radius 2 is 1.88 bits per heavy atom.